The molecule has 4 N–H and O–H groups in total. The molecule has 1 unspecified atom stereocenters. The fourth-order valence-electron chi connectivity index (χ4n) is 1.77. The van der Waals surface area contributed by atoms with Gasteiger partial charge in [-0.2, -0.15) is 0 Å². The van der Waals surface area contributed by atoms with Crippen LogP contribution in [0.15, 0.2) is 28.0 Å². The van der Waals surface area contributed by atoms with Gasteiger partial charge in [0.2, 0.25) is 10.0 Å². The largest absolute Gasteiger partial charge is 0.319 e. The third-order valence-electron chi connectivity index (χ3n) is 2.71. The van der Waals surface area contributed by atoms with Crippen molar-refractivity contribution < 1.29 is 8.42 Å². The molecule has 0 aliphatic heterocycles. The van der Waals surface area contributed by atoms with Crippen LogP contribution in [0.5, 0.6) is 0 Å². The third-order valence-corrected chi connectivity index (χ3v) is 4.70. The van der Waals surface area contributed by atoms with Crippen LogP contribution in [0.25, 0.3) is 0 Å². The zero-order chi connectivity index (χ0) is 15.6. The molecule has 0 saturated heterocycles. The smallest absolute Gasteiger partial charge is 0.244 e. The molecule has 9 nitrogen and oxygen atoms in total. The summed E-state index contributed by atoms with van der Waals surface area (Å²) in [6, 6.07) is 0.848. The lowest BCUT2D eigenvalue weighted by Gasteiger charge is -2.15. The first kappa shape index (κ1) is 15.8. The highest BCUT2D eigenvalue weighted by Gasteiger charge is 2.24. The molecular weight excluding hydrogens is 362 g/mol. The van der Waals surface area contributed by atoms with E-state index in [1.165, 1.54) is 18.6 Å². The minimum Gasteiger partial charge on any atom is -0.319 e. The molecule has 0 aliphatic carbocycles. The monoisotopic (exact) mass is 375 g/mol. The number of anilines is 1. The van der Waals surface area contributed by atoms with Gasteiger partial charge in [0.25, 0.3) is 0 Å². The number of nitrogen functional groups attached to an aromatic ring is 1. The summed E-state index contributed by atoms with van der Waals surface area (Å²) in [5, 5.41) is 7.59. The first-order chi connectivity index (χ1) is 9.85. The number of hydrazine groups is 1. The normalized spacial score (nSPS) is 13.1. The molecule has 0 radical (unpaired) electrons. The van der Waals surface area contributed by atoms with Crippen LogP contribution in [0.3, 0.4) is 0 Å². The second kappa shape index (κ2) is 6.05. The fraction of sp³-hybridized carbons (Fsp3) is 0.300. The van der Waals surface area contributed by atoms with Gasteiger partial charge in [0.1, 0.15) is 17.0 Å². The maximum atomic E-state index is 12.5. The Morgan fingerprint density at radius 1 is 1.48 bits per heavy atom. The van der Waals surface area contributed by atoms with Crippen LogP contribution in [0.4, 0.5) is 5.82 Å². The lowest BCUT2D eigenvalue weighted by molar-refractivity contribution is 0.553. The number of nitrogens with one attached hydrogen (secondary N) is 2. The Morgan fingerprint density at radius 2 is 2.19 bits per heavy atom. The summed E-state index contributed by atoms with van der Waals surface area (Å²) in [5.74, 6) is 5.84. The van der Waals surface area contributed by atoms with Crippen LogP contribution in [0.1, 0.15) is 18.8 Å². The summed E-state index contributed by atoms with van der Waals surface area (Å²) in [5.41, 5.74) is 2.26. The van der Waals surface area contributed by atoms with E-state index in [-0.39, 0.29) is 10.7 Å². The average molecular weight is 376 g/mol. The van der Waals surface area contributed by atoms with Crippen molar-refractivity contribution in [2.24, 2.45) is 12.9 Å². The van der Waals surface area contributed by atoms with Crippen LogP contribution in [-0.4, -0.2) is 28.2 Å². The summed E-state index contributed by atoms with van der Waals surface area (Å²) in [6.07, 6.45) is 2.94. The molecule has 0 bridgehead atoms. The predicted octanol–water partition coefficient (Wildman–Crippen LogP) is 0.298. The Hall–Kier alpha value is -1.56. The van der Waals surface area contributed by atoms with E-state index in [9.17, 15) is 8.42 Å². The van der Waals surface area contributed by atoms with E-state index >= 15 is 0 Å². The highest BCUT2D eigenvalue weighted by molar-refractivity contribution is 9.10. The lowest BCUT2D eigenvalue weighted by atomic mass is 10.3. The first-order valence-electron chi connectivity index (χ1n) is 5.83. The Kier molecular flexibility index (Phi) is 4.56. The molecule has 0 saturated carbocycles. The average Bonchev–Trinajstić information content (AvgIpc) is 2.84. The molecule has 0 amide bonds. The summed E-state index contributed by atoms with van der Waals surface area (Å²) in [4.78, 5) is 3.85. The molecule has 1 atom stereocenters. The van der Waals surface area contributed by atoms with Crippen LogP contribution in [-0.2, 0) is 17.1 Å². The van der Waals surface area contributed by atoms with Gasteiger partial charge in [-0.25, -0.2) is 24.0 Å². The number of nitrogens with two attached hydrogens (primary N) is 1. The van der Waals surface area contributed by atoms with Crippen LogP contribution >= 0.6 is 15.9 Å². The minimum atomic E-state index is -3.83. The van der Waals surface area contributed by atoms with Crippen molar-refractivity contribution in [1.82, 2.24) is 24.5 Å². The Bertz CT molecular complexity index is 746. The number of halogens is 1. The predicted molar refractivity (Wildman–Crippen MR) is 79.5 cm³/mol. The number of aryl methyl sites for hydroxylation is 1. The van der Waals surface area contributed by atoms with Crippen molar-refractivity contribution in [1.29, 1.82) is 0 Å². The zero-order valence-corrected chi connectivity index (χ0v) is 13.7. The molecule has 2 rings (SSSR count). The van der Waals surface area contributed by atoms with E-state index < -0.39 is 16.1 Å². The highest BCUT2D eigenvalue weighted by atomic mass is 79.9. The molecule has 21 heavy (non-hydrogen) atoms. The van der Waals surface area contributed by atoms with Gasteiger partial charge in [-0.05, 0) is 28.9 Å². The van der Waals surface area contributed by atoms with Crippen LogP contribution in [0, 0.1) is 0 Å². The molecule has 0 aromatic carbocycles. The molecule has 114 valence electrons. The van der Waals surface area contributed by atoms with Gasteiger partial charge >= 0.3 is 0 Å². The van der Waals surface area contributed by atoms with Gasteiger partial charge < -0.3 is 9.99 Å². The third kappa shape index (κ3) is 3.37. The van der Waals surface area contributed by atoms with Gasteiger partial charge in [-0.1, -0.05) is 0 Å². The number of nitrogens with zero attached hydrogens (tertiary/aromatic N) is 4. The van der Waals surface area contributed by atoms with Gasteiger partial charge in [0.05, 0.1) is 6.04 Å². The molecule has 0 aliphatic rings. The lowest BCUT2D eigenvalue weighted by Crippen LogP contribution is -2.30. The number of sulfonamides is 1. The van der Waals surface area contributed by atoms with E-state index in [0.717, 1.165) is 0 Å². The van der Waals surface area contributed by atoms with Crippen molar-refractivity contribution in [3.63, 3.8) is 0 Å². The summed E-state index contributed by atoms with van der Waals surface area (Å²) in [7, 11) is -2.10. The topological polar surface area (TPSA) is 128 Å². The molecule has 2 heterocycles. The molecule has 0 fully saturated rings. The number of hydrogen-bond donors (Lipinski definition) is 3. The van der Waals surface area contributed by atoms with Crippen molar-refractivity contribution in [3.8, 4) is 0 Å². The maximum Gasteiger partial charge on any atom is 0.244 e. The summed E-state index contributed by atoms with van der Waals surface area (Å²) >= 11 is 3.18. The number of pyridine rings is 1. The first-order valence-corrected chi connectivity index (χ1v) is 8.11. The van der Waals surface area contributed by atoms with Crippen molar-refractivity contribution in [2.75, 3.05) is 5.43 Å². The van der Waals surface area contributed by atoms with Crippen molar-refractivity contribution in [3.05, 3.63) is 28.9 Å². The molecule has 2 aromatic rings. The maximum absolute atomic E-state index is 12.5. The van der Waals surface area contributed by atoms with E-state index in [1.807, 2.05) is 0 Å². The molecular formula is C10H14BrN7O2S. The summed E-state index contributed by atoms with van der Waals surface area (Å²) < 4.78 is 29.6. The van der Waals surface area contributed by atoms with Crippen molar-refractivity contribution in [2.45, 2.75) is 17.9 Å². The standard InChI is InChI=1S/C10H14BrN7O2S/c1-6(10-16-14-5-18(10)2)17-21(19,20)8-3-7(11)4-13-9(8)15-12/h3-6,17H,12H2,1-2H3,(H,13,15). The van der Waals surface area contributed by atoms with E-state index in [1.54, 1.807) is 18.5 Å². The van der Waals surface area contributed by atoms with Gasteiger partial charge in [0.15, 0.2) is 5.82 Å². The highest BCUT2D eigenvalue weighted by Crippen LogP contribution is 2.23. The van der Waals surface area contributed by atoms with Crippen LogP contribution in [0.2, 0.25) is 0 Å². The van der Waals surface area contributed by atoms with Crippen LogP contribution < -0.4 is 16.0 Å². The van der Waals surface area contributed by atoms with Gasteiger partial charge in [-0.15, -0.1) is 10.2 Å². The Morgan fingerprint density at radius 3 is 2.76 bits per heavy atom. The SMILES string of the molecule is CC(NS(=O)(=O)c1cc(Br)cnc1NN)c1nncn1C. The second-order valence-corrected chi connectivity index (χ2v) is 6.89. The zero-order valence-electron chi connectivity index (χ0n) is 11.3. The Labute approximate surface area is 130 Å². The molecule has 2 aromatic heterocycles. The van der Waals surface area contributed by atoms with Crippen molar-refractivity contribution >= 4 is 31.8 Å². The van der Waals surface area contributed by atoms with E-state index in [2.05, 4.69) is 41.3 Å². The Balaban J connectivity index is 2.35. The quantitative estimate of drug-likeness (QED) is 0.506. The molecule has 11 heteroatoms. The second-order valence-electron chi connectivity index (χ2n) is 4.29. The number of aromatic nitrogens is 4. The molecule has 0 spiro atoms. The van der Waals surface area contributed by atoms with Gasteiger partial charge in [0, 0.05) is 17.7 Å². The summed E-state index contributed by atoms with van der Waals surface area (Å²) in [6.45, 7) is 1.67. The van der Waals surface area contributed by atoms with E-state index in [4.69, 9.17) is 5.84 Å². The fourth-order valence-corrected chi connectivity index (χ4v) is 3.60. The van der Waals surface area contributed by atoms with Gasteiger partial charge in [-0.3, -0.25) is 0 Å². The number of rotatable bonds is 5. The minimum absolute atomic E-state index is 0.0517. The van der Waals surface area contributed by atoms with E-state index in [0.29, 0.717) is 10.3 Å². The number of hydrogen-bond acceptors (Lipinski definition) is 7.